The molecule has 0 aromatic heterocycles. The molecular formula is C13H24O4. The number of ketones is 1. The molecule has 0 radical (unpaired) electrons. The smallest absolute Gasteiger partial charge is 0.333 e. The molecule has 17 heavy (non-hydrogen) atoms. The van der Waals surface area contributed by atoms with Crippen molar-refractivity contribution in [3.8, 4) is 0 Å². The molecule has 0 aliphatic heterocycles. The summed E-state index contributed by atoms with van der Waals surface area (Å²) in [5.41, 5.74) is -1.06. The van der Waals surface area contributed by atoms with Crippen LogP contribution in [0.25, 0.3) is 0 Å². The van der Waals surface area contributed by atoms with Gasteiger partial charge in [-0.05, 0) is 20.3 Å². The molecule has 1 N–H and O–H groups in total. The van der Waals surface area contributed by atoms with Crippen molar-refractivity contribution in [1.29, 1.82) is 0 Å². The Labute approximate surface area is 103 Å². The van der Waals surface area contributed by atoms with Crippen molar-refractivity contribution in [2.75, 3.05) is 0 Å². The molecule has 4 heteroatoms. The highest BCUT2D eigenvalue weighted by Crippen LogP contribution is 2.23. The summed E-state index contributed by atoms with van der Waals surface area (Å²) in [6.07, 6.45) is -0.445. The van der Waals surface area contributed by atoms with Crippen LogP contribution < -0.4 is 0 Å². The number of Topliss-reactive ketones (excluding diaryl/α,β-unsaturated/α-hetero) is 1. The Balaban J connectivity index is 4.68. The zero-order chi connectivity index (χ0) is 13.9. The maximum absolute atomic E-state index is 11.8. The van der Waals surface area contributed by atoms with Gasteiger partial charge < -0.3 is 9.84 Å². The topological polar surface area (TPSA) is 63.6 Å². The van der Waals surface area contributed by atoms with Gasteiger partial charge in [0.05, 0.1) is 5.60 Å². The van der Waals surface area contributed by atoms with Crippen LogP contribution >= 0.6 is 0 Å². The van der Waals surface area contributed by atoms with Gasteiger partial charge in [-0.3, -0.25) is 4.79 Å². The molecule has 0 bridgehead atoms. The van der Waals surface area contributed by atoms with Crippen molar-refractivity contribution in [2.45, 2.75) is 66.1 Å². The first-order valence-corrected chi connectivity index (χ1v) is 5.93. The Morgan fingerprint density at radius 1 is 1.18 bits per heavy atom. The van der Waals surface area contributed by atoms with E-state index in [0.29, 0.717) is 6.42 Å². The van der Waals surface area contributed by atoms with Crippen molar-refractivity contribution >= 4 is 11.8 Å². The molecule has 0 saturated carbocycles. The van der Waals surface area contributed by atoms with Gasteiger partial charge in [-0.25, -0.2) is 4.79 Å². The molecule has 0 saturated heterocycles. The van der Waals surface area contributed by atoms with Crippen LogP contribution in [-0.4, -0.2) is 28.6 Å². The summed E-state index contributed by atoms with van der Waals surface area (Å²) in [7, 11) is 0. The number of aliphatic carboxylic acids is 1. The van der Waals surface area contributed by atoms with Crippen LogP contribution in [0.5, 0.6) is 0 Å². The van der Waals surface area contributed by atoms with Crippen LogP contribution in [0.2, 0.25) is 0 Å². The quantitative estimate of drug-likeness (QED) is 0.780. The van der Waals surface area contributed by atoms with Gasteiger partial charge in [0, 0.05) is 11.8 Å². The number of rotatable bonds is 6. The zero-order valence-electron chi connectivity index (χ0n) is 11.7. The molecule has 0 amide bonds. The van der Waals surface area contributed by atoms with E-state index in [4.69, 9.17) is 9.84 Å². The third-order valence-electron chi connectivity index (χ3n) is 2.80. The van der Waals surface area contributed by atoms with Crippen LogP contribution in [0.3, 0.4) is 0 Å². The molecule has 1 unspecified atom stereocenters. The van der Waals surface area contributed by atoms with E-state index in [9.17, 15) is 9.59 Å². The number of ether oxygens (including phenoxy) is 1. The molecule has 100 valence electrons. The lowest BCUT2D eigenvalue weighted by molar-refractivity contribution is -0.165. The fourth-order valence-corrected chi connectivity index (χ4v) is 1.12. The molecular weight excluding hydrogens is 220 g/mol. The van der Waals surface area contributed by atoms with Gasteiger partial charge in [-0.15, -0.1) is 0 Å². The Hall–Kier alpha value is -0.900. The van der Waals surface area contributed by atoms with E-state index in [1.54, 1.807) is 20.8 Å². The number of hydrogen-bond acceptors (Lipinski definition) is 3. The van der Waals surface area contributed by atoms with Gasteiger partial charge in [-0.1, -0.05) is 27.7 Å². The van der Waals surface area contributed by atoms with Crippen LogP contribution in [0.4, 0.5) is 0 Å². The summed E-state index contributed by atoms with van der Waals surface area (Å²) < 4.78 is 5.49. The molecule has 4 nitrogen and oxygen atoms in total. The maximum atomic E-state index is 11.8. The fraction of sp³-hybridized carbons (Fsp3) is 0.846. The third kappa shape index (κ3) is 5.82. The predicted molar refractivity (Wildman–Crippen MR) is 66.0 cm³/mol. The summed E-state index contributed by atoms with van der Waals surface area (Å²) in [4.78, 5) is 22.9. The van der Waals surface area contributed by atoms with Gasteiger partial charge in [0.2, 0.25) is 0 Å². The average molecular weight is 244 g/mol. The maximum Gasteiger partial charge on any atom is 0.333 e. The second kappa shape index (κ2) is 5.63. The monoisotopic (exact) mass is 244 g/mol. The molecule has 0 spiro atoms. The Bertz CT molecular complexity index is 286. The largest absolute Gasteiger partial charge is 0.479 e. The second-order valence-electron chi connectivity index (χ2n) is 5.94. The highest BCUT2D eigenvalue weighted by atomic mass is 16.5. The Kier molecular flexibility index (Phi) is 5.33. The summed E-state index contributed by atoms with van der Waals surface area (Å²) in [5, 5.41) is 9.07. The average Bonchev–Trinajstić information content (AvgIpc) is 2.14. The van der Waals surface area contributed by atoms with Crippen molar-refractivity contribution in [1.82, 2.24) is 0 Å². The number of carbonyl (C=O) groups excluding carboxylic acids is 1. The molecule has 0 aliphatic carbocycles. The summed E-state index contributed by atoms with van der Waals surface area (Å²) in [6, 6.07) is 0. The van der Waals surface area contributed by atoms with E-state index in [2.05, 4.69) is 0 Å². The second-order valence-corrected chi connectivity index (χ2v) is 5.94. The van der Waals surface area contributed by atoms with E-state index in [0.717, 1.165) is 0 Å². The minimum Gasteiger partial charge on any atom is -0.479 e. The van der Waals surface area contributed by atoms with Gasteiger partial charge >= 0.3 is 5.97 Å². The summed E-state index contributed by atoms with van der Waals surface area (Å²) >= 11 is 0. The molecule has 0 fully saturated rings. The van der Waals surface area contributed by atoms with E-state index in [1.807, 2.05) is 20.8 Å². The number of carbonyl (C=O) groups is 2. The lowest BCUT2D eigenvalue weighted by atomic mass is 9.87. The van der Waals surface area contributed by atoms with Gasteiger partial charge in [0.25, 0.3) is 0 Å². The molecule has 0 aliphatic rings. The van der Waals surface area contributed by atoms with Crippen LogP contribution in [0, 0.1) is 5.41 Å². The van der Waals surface area contributed by atoms with Gasteiger partial charge in [0.15, 0.2) is 6.10 Å². The minimum absolute atomic E-state index is 0.0811. The highest BCUT2D eigenvalue weighted by molar-refractivity contribution is 5.88. The van der Waals surface area contributed by atoms with Gasteiger partial charge in [0.1, 0.15) is 5.78 Å². The SMILES string of the molecule is CCC(C)(C)OC(CC(=O)C(C)(C)C)C(=O)O. The van der Waals surface area contributed by atoms with Crippen molar-refractivity contribution < 1.29 is 19.4 Å². The summed E-state index contributed by atoms with van der Waals surface area (Å²) in [6.45, 7) is 10.9. The van der Waals surface area contributed by atoms with Crippen LogP contribution in [0.15, 0.2) is 0 Å². The van der Waals surface area contributed by atoms with Crippen LogP contribution in [0.1, 0.15) is 54.4 Å². The lowest BCUT2D eigenvalue weighted by Gasteiger charge is -2.29. The first kappa shape index (κ1) is 16.1. The van der Waals surface area contributed by atoms with Crippen molar-refractivity contribution in [3.63, 3.8) is 0 Å². The fourth-order valence-electron chi connectivity index (χ4n) is 1.12. The van der Waals surface area contributed by atoms with E-state index >= 15 is 0 Å². The Morgan fingerprint density at radius 2 is 1.65 bits per heavy atom. The number of carboxylic acids is 1. The van der Waals surface area contributed by atoms with E-state index < -0.39 is 23.1 Å². The minimum atomic E-state index is -1.08. The Morgan fingerprint density at radius 3 is 1.94 bits per heavy atom. The number of carboxylic acid groups (broad SMARTS) is 1. The molecule has 0 aromatic carbocycles. The summed E-state index contributed by atoms with van der Waals surface area (Å²) in [5.74, 6) is -1.18. The normalized spacial score (nSPS) is 14.5. The lowest BCUT2D eigenvalue weighted by Crippen LogP contribution is -2.38. The highest BCUT2D eigenvalue weighted by Gasteiger charge is 2.32. The molecule has 0 aromatic rings. The van der Waals surface area contributed by atoms with Crippen LogP contribution in [-0.2, 0) is 14.3 Å². The standard InChI is InChI=1S/C13H24O4/c1-7-13(5,6)17-9(11(15)16)8-10(14)12(2,3)4/h9H,7-8H2,1-6H3,(H,15,16). The van der Waals surface area contributed by atoms with E-state index in [1.165, 1.54) is 0 Å². The first-order valence-electron chi connectivity index (χ1n) is 5.93. The van der Waals surface area contributed by atoms with Gasteiger partial charge in [-0.2, -0.15) is 0 Å². The molecule has 1 atom stereocenters. The van der Waals surface area contributed by atoms with E-state index in [-0.39, 0.29) is 12.2 Å². The number of hydrogen-bond donors (Lipinski definition) is 1. The molecule has 0 rings (SSSR count). The predicted octanol–water partition coefficient (Wildman–Crippen LogP) is 2.65. The molecule has 0 heterocycles. The van der Waals surface area contributed by atoms with Crippen molar-refractivity contribution in [3.05, 3.63) is 0 Å². The van der Waals surface area contributed by atoms with Crippen molar-refractivity contribution in [2.24, 2.45) is 5.41 Å². The zero-order valence-corrected chi connectivity index (χ0v) is 11.7. The third-order valence-corrected chi connectivity index (χ3v) is 2.80. The first-order chi connectivity index (χ1) is 7.49.